The van der Waals surface area contributed by atoms with E-state index in [-0.39, 0.29) is 16.1 Å². The number of benzene rings is 1. The largest absolute Gasteiger partial charge is 0.478 e. The van der Waals surface area contributed by atoms with Crippen LogP contribution in [0, 0.1) is 0 Å². The van der Waals surface area contributed by atoms with E-state index in [1.54, 1.807) is 6.92 Å². The molecular weight excluding hydrogens is 256 g/mol. The molecule has 18 heavy (non-hydrogen) atoms. The Balaban J connectivity index is 3.18. The Morgan fingerprint density at radius 2 is 2.17 bits per heavy atom. The van der Waals surface area contributed by atoms with Gasteiger partial charge in [0.1, 0.15) is 4.90 Å². The van der Waals surface area contributed by atoms with E-state index in [4.69, 9.17) is 10.8 Å². The van der Waals surface area contributed by atoms with E-state index in [2.05, 4.69) is 11.3 Å². The van der Waals surface area contributed by atoms with Crippen molar-refractivity contribution in [2.75, 3.05) is 5.73 Å². The number of nitrogen functional groups attached to an aromatic ring is 1. The van der Waals surface area contributed by atoms with Crippen molar-refractivity contribution < 1.29 is 18.3 Å². The minimum absolute atomic E-state index is 0.0665. The number of hydrogen-bond acceptors (Lipinski definition) is 4. The first-order valence-corrected chi connectivity index (χ1v) is 6.54. The van der Waals surface area contributed by atoms with Gasteiger partial charge in [0.2, 0.25) is 10.0 Å². The third-order valence-corrected chi connectivity index (χ3v) is 3.87. The van der Waals surface area contributed by atoms with Crippen molar-refractivity contribution in [1.29, 1.82) is 0 Å². The zero-order valence-electron chi connectivity index (χ0n) is 9.75. The Hall–Kier alpha value is -1.86. The van der Waals surface area contributed by atoms with E-state index in [0.717, 1.165) is 12.1 Å². The summed E-state index contributed by atoms with van der Waals surface area (Å²) in [7, 11) is -3.78. The number of carboxylic acid groups (broad SMARTS) is 1. The van der Waals surface area contributed by atoms with Gasteiger partial charge in [0.05, 0.1) is 11.3 Å². The van der Waals surface area contributed by atoms with E-state index in [1.807, 2.05) is 0 Å². The van der Waals surface area contributed by atoms with Gasteiger partial charge in [-0.1, -0.05) is 6.08 Å². The Morgan fingerprint density at radius 3 is 2.61 bits per heavy atom. The van der Waals surface area contributed by atoms with Gasteiger partial charge >= 0.3 is 5.97 Å². The van der Waals surface area contributed by atoms with Crippen molar-refractivity contribution in [2.45, 2.75) is 17.9 Å². The van der Waals surface area contributed by atoms with Crippen molar-refractivity contribution in [1.82, 2.24) is 4.72 Å². The van der Waals surface area contributed by atoms with E-state index < -0.39 is 22.0 Å². The molecular formula is C11H14N2O4S. The van der Waals surface area contributed by atoms with Crippen LogP contribution < -0.4 is 10.5 Å². The van der Waals surface area contributed by atoms with Gasteiger partial charge in [-0.05, 0) is 25.1 Å². The van der Waals surface area contributed by atoms with E-state index in [1.165, 1.54) is 12.1 Å². The number of aromatic carboxylic acids is 1. The number of hydrogen-bond donors (Lipinski definition) is 3. The Kier molecular flexibility index (Phi) is 4.10. The van der Waals surface area contributed by atoms with Gasteiger partial charge in [0.15, 0.2) is 0 Å². The van der Waals surface area contributed by atoms with Gasteiger partial charge in [-0.3, -0.25) is 0 Å². The summed E-state index contributed by atoms with van der Waals surface area (Å²) < 4.78 is 26.2. The number of nitrogens with one attached hydrogen (secondary N) is 1. The van der Waals surface area contributed by atoms with Gasteiger partial charge in [-0.25, -0.2) is 17.9 Å². The molecule has 4 N–H and O–H groups in total. The quantitative estimate of drug-likeness (QED) is 0.542. The summed E-state index contributed by atoms with van der Waals surface area (Å²) in [4.78, 5) is 10.6. The normalized spacial score (nSPS) is 12.9. The molecule has 1 aromatic carbocycles. The van der Waals surface area contributed by atoms with E-state index in [0.29, 0.717) is 0 Å². The van der Waals surface area contributed by atoms with Gasteiger partial charge in [-0.15, -0.1) is 6.58 Å². The lowest BCUT2D eigenvalue weighted by Crippen LogP contribution is -2.31. The number of carboxylic acids is 1. The number of carbonyl (C=O) groups is 1. The fourth-order valence-electron chi connectivity index (χ4n) is 1.28. The first kappa shape index (κ1) is 14.2. The summed E-state index contributed by atoms with van der Waals surface area (Å²) in [6, 6.07) is 3.01. The predicted octanol–water partition coefficient (Wildman–Crippen LogP) is 0.820. The molecule has 0 radical (unpaired) electrons. The Bertz CT molecular complexity index is 581. The van der Waals surface area contributed by atoms with Crippen LogP contribution in [-0.4, -0.2) is 25.5 Å². The molecule has 1 unspecified atom stereocenters. The van der Waals surface area contributed by atoms with E-state index in [9.17, 15) is 13.2 Å². The summed E-state index contributed by atoms with van der Waals surface area (Å²) in [5.74, 6) is -1.17. The highest BCUT2D eigenvalue weighted by atomic mass is 32.2. The molecule has 0 saturated heterocycles. The highest BCUT2D eigenvalue weighted by molar-refractivity contribution is 7.89. The number of rotatable bonds is 5. The molecule has 1 rings (SSSR count). The SMILES string of the molecule is C=CC(C)NS(=O)(=O)c1ccc(C(=O)O)cc1N. The smallest absolute Gasteiger partial charge is 0.335 e. The maximum Gasteiger partial charge on any atom is 0.335 e. The zero-order valence-corrected chi connectivity index (χ0v) is 10.6. The topological polar surface area (TPSA) is 109 Å². The molecule has 0 aliphatic rings. The zero-order chi connectivity index (χ0) is 13.9. The molecule has 0 amide bonds. The molecule has 0 bridgehead atoms. The highest BCUT2D eigenvalue weighted by Crippen LogP contribution is 2.20. The molecule has 6 nitrogen and oxygen atoms in total. The second kappa shape index (κ2) is 5.19. The van der Waals surface area contributed by atoms with Crippen LogP contribution >= 0.6 is 0 Å². The first-order chi connectivity index (χ1) is 8.27. The second-order valence-electron chi connectivity index (χ2n) is 3.70. The third kappa shape index (κ3) is 3.08. The summed E-state index contributed by atoms with van der Waals surface area (Å²) in [5, 5.41) is 8.75. The predicted molar refractivity (Wildman–Crippen MR) is 67.8 cm³/mol. The molecule has 1 aromatic rings. The van der Waals surface area contributed by atoms with Crippen molar-refractivity contribution in [3.8, 4) is 0 Å². The van der Waals surface area contributed by atoms with Crippen molar-refractivity contribution >= 4 is 21.7 Å². The monoisotopic (exact) mass is 270 g/mol. The molecule has 1 atom stereocenters. The van der Waals surface area contributed by atoms with Crippen LogP contribution in [0.5, 0.6) is 0 Å². The van der Waals surface area contributed by atoms with Gasteiger partial charge in [0.25, 0.3) is 0 Å². The third-order valence-electron chi connectivity index (χ3n) is 2.24. The van der Waals surface area contributed by atoms with Crippen LogP contribution in [0.25, 0.3) is 0 Å². The van der Waals surface area contributed by atoms with Crippen molar-refractivity contribution in [3.63, 3.8) is 0 Å². The molecule has 0 saturated carbocycles. The van der Waals surface area contributed by atoms with Crippen LogP contribution in [0.15, 0.2) is 35.7 Å². The molecule has 0 aliphatic heterocycles. The molecule has 0 heterocycles. The fourth-order valence-corrected chi connectivity index (χ4v) is 2.61. The van der Waals surface area contributed by atoms with E-state index >= 15 is 0 Å². The standard InChI is InChI=1S/C11H14N2O4S/c1-3-7(2)13-18(16,17)10-5-4-8(11(14)15)6-9(10)12/h3-7,13H,1,12H2,2H3,(H,14,15). The van der Waals surface area contributed by atoms with Gasteiger partial charge < -0.3 is 10.8 Å². The molecule has 0 aliphatic carbocycles. The summed E-state index contributed by atoms with van der Waals surface area (Å²) in [5.41, 5.74) is 5.38. The van der Waals surface area contributed by atoms with Crippen molar-refractivity contribution in [2.24, 2.45) is 0 Å². The average molecular weight is 270 g/mol. The summed E-state index contributed by atoms with van der Waals surface area (Å²) >= 11 is 0. The van der Waals surface area contributed by atoms with Crippen molar-refractivity contribution in [3.05, 3.63) is 36.4 Å². The minimum atomic E-state index is -3.78. The molecule has 0 spiro atoms. The molecule has 0 aromatic heterocycles. The molecule has 7 heteroatoms. The lowest BCUT2D eigenvalue weighted by molar-refractivity contribution is 0.0697. The van der Waals surface area contributed by atoms with Crippen LogP contribution in [0.1, 0.15) is 17.3 Å². The number of anilines is 1. The first-order valence-electron chi connectivity index (χ1n) is 5.05. The fraction of sp³-hybridized carbons (Fsp3) is 0.182. The average Bonchev–Trinajstić information content (AvgIpc) is 2.27. The van der Waals surface area contributed by atoms with Crippen LogP contribution in [0.3, 0.4) is 0 Å². The molecule has 98 valence electrons. The maximum atomic E-state index is 11.9. The molecule has 0 fully saturated rings. The Morgan fingerprint density at radius 1 is 1.56 bits per heavy atom. The summed E-state index contributed by atoms with van der Waals surface area (Å²) in [6.45, 7) is 5.08. The van der Waals surface area contributed by atoms with Gasteiger partial charge in [-0.2, -0.15) is 0 Å². The van der Waals surface area contributed by atoms with Crippen LogP contribution in [0.4, 0.5) is 5.69 Å². The summed E-state index contributed by atoms with van der Waals surface area (Å²) in [6.07, 6.45) is 1.43. The van der Waals surface area contributed by atoms with Gasteiger partial charge in [0, 0.05) is 6.04 Å². The second-order valence-corrected chi connectivity index (χ2v) is 5.39. The highest BCUT2D eigenvalue weighted by Gasteiger charge is 2.19. The number of sulfonamides is 1. The lowest BCUT2D eigenvalue weighted by atomic mass is 10.2. The number of nitrogens with two attached hydrogens (primary N) is 1. The minimum Gasteiger partial charge on any atom is -0.478 e. The van der Waals surface area contributed by atoms with Crippen LogP contribution in [0.2, 0.25) is 0 Å². The lowest BCUT2D eigenvalue weighted by Gasteiger charge is -2.12. The Labute approximate surface area is 105 Å². The van der Waals surface area contributed by atoms with Crippen LogP contribution in [-0.2, 0) is 10.0 Å². The maximum absolute atomic E-state index is 11.9.